The van der Waals surface area contributed by atoms with Gasteiger partial charge in [-0.3, -0.25) is 4.79 Å². The zero-order valence-electron chi connectivity index (χ0n) is 16.9. The lowest BCUT2D eigenvalue weighted by Crippen LogP contribution is -2.10. The molecule has 0 spiro atoms. The van der Waals surface area contributed by atoms with Crippen molar-refractivity contribution in [3.8, 4) is 11.4 Å². The molecule has 2 heterocycles. The van der Waals surface area contributed by atoms with E-state index in [1.54, 1.807) is 24.3 Å². The smallest absolute Gasteiger partial charge is 0.336 e. The number of primary amides is 1. The van der Waals surface area contributed by atoms with Gasteiger partial charge in [-0.15, -0.1) is 10.2 Å². The number of nitrogens with zero attached hydrogens (tertiary/aromatic N) is 4. The molecule has 0 atom stereocenters. The predicted octanol–water partition coefficient (Wildman–Crippen LogP) is 3.03. The van der Waals surface area contributed by atoms with Crippen LogP contribution < -0.4 is 11.4 Å². The van der Waals surface area contributed by atoms with Crippen LogP contribution in [0.2, 0.25) is 0 Å². The van der Waals surface area contributed by atoms with Crippen molar-refractivity contribution in [2.75, 3.05) is 0 Å². The van der Waals surface area contributed by atoms with Gasteiger partial charge in [-0.05, 0) is 59.0 Å². The molecule has 0 bridgehead atoms. The third-order valence-electron chi connectivity index (χ3n) is 5.03. The van der Waals surface area contributed by atoms with Gasteiger partial charge in [0.15, 0.2) is 0 Å². The number of carbonyl (C=O) groups is 1. The van der Waals surface area contributed by atoms with Crippen molar-refractivity contribution in [2.24, 2.45) is 5.73 Å². The van der Waals surface area contributed by atoms with Gasteiger partial charge in [0.25, 0.3) is 0 Å². The number of aromatic nitrogens is 4. The van der Waals surface area contributed by atoms with Gasteiger partial charge in [0.1, 0.15) is 5.58 Å². The average Bonchev–Trinajstić information content (AvgIpc) is 3.15. The van der Waals surface area contributed by atoms with Crippen LogP contribution in [0.25, 0.3) is 22.4 Å². The molecule has 30 heavy (non-hydrogen) atoms. The number of rotatable bonds is 5. The molecule has 0 radical (unpaired) electrons. The van der Waals surface area contributed by atoms with E-state index in [-0.39, 0.29) is 6.54 Å². The molecule has 152 valence electrons. The van der Waals surface area contributed by atoms with Crippen molar-refractivity contribution in [3.63, 3.8) is 0 Å². The molecule has 2 aromatic heterocycles. The van der Waals surface area contributed by atoms with Crippen molar-refractivity contribution >= 4 is 16.9 Å². The van der Waals surface area contributed by atoms with E-state index in [0.717, 1.165) is 16.5 Å². The lowest BCUT2D eigenvalue weighted by Gasteiger charge is -2.12. The minimum Gasteiger partial charge on any atom is -0.423 e. The van der Waals surface area contributed by atoms with E-state index in [1.807, 2.05) is 13.0 Å². The van der Waals surface area contributed by atoms with Crippen LogP contribution in [0.4, 0.5) is 0 Å². The number of hydrogen-bond acceptors (Lipinski definition) is 6. The van der Waals surface area contributed by atoms with E-state index < -0.39 is 11.5 Å². The quantitative estimate of drug-likeness (QED) is 0.512. The fourth-order valence-corrected chi connectivity index (χ4v) is 3.51. The van der Waals surface area contributed by atoms with E-state index in [1.165, 1.54) is 16.4 Å². The fraction of sp³-hybridized carbons (Fsp3) is 0.227. The number of aryl methyl sites for hydroxylation is 1. The van der Waals surface area contributed by atoms with Crippen molar-refractivity contribution in [1.82, 2.24) is 20.2 Å². The largest absolute Gasteiger partial charge is 0.423 e. The summed E-state index contributed by atoms with van der Waals surface area (Å²) in [5.41, 5.74) is 9.55. The lowest BCUT2D eigenvalue weighted by atomic mass is 9.95. The highest BCUT2D eigenvalue weighted by molar-refractivity contribution is 5.93. The van der Waals surface area contributed by atoms with Crippen LogP contribution in [0.3, 0.4) is 0 Å². The number of nitrogens with two attached hydrogens (primary N) is 1. The maximum Gasteiger partial charge on any atom is 0.336 e. The zero-order valence-corrected chi connectivity index (χ0v) is 16.9. The maximum absolute atomic E-state index is 12.1. The number of benzene rings is 2. The standard InChI is InChI=1S/C22H21N5O3/c1-12(2)17-10-18-16(9-20(28)30-19(18)8-13(17)3)11-27-25-22(24-26-27)15-6-4-14(5-7-15)21(23)29/h4-10,12H,11H2,1-3H3,(H2,23,29). The van der Waals surface area contributed by atoms with Gasteiger partial charge in [0, 0.05) is 22.6 Å². The van der Waals surface area contributed by atoms with Gasteiger partial charge < -0.3 is 10.2 Å². The maximum atomic E-state index is 12.1. The summed E-state index contributed by atoms with van der Waals surface area (Å²) in [5.74, 6) is 0.259. The summed E-state index contributed by atoms with van der Waals surface area (Å²) in [6.45, 7) is 6.54. The Bertz CT molecular complexity index is 1300. The molecule has 0 unspecified atom stereocenters. The summed E-state index contributed by atoms with van der Waals surface area (Å²) in [6.07, 6.45) is 0. The summed E-state index contributed by atoms with van der Waals surface area (Å²) >= 11 is 0. The Hall–Kier alpha value is -3.81. The second-order valence-corrected chi connectivity index (χ2v) is 7.54. The summed E-state index contributed by atoms with van der Waals surface area (Å²) in [5, 5.41) is 13.5. The van der Waals surface area contributed by atoms with Crippen LogP contribution in [-0.4, -0.2) is 26.1 Å². The Morgan fingerprint density at radius 1 is 1.17 bits per heavy atom. The molecular formula is C22H21N5O3. The highest BCUT2D eigenvalue weighted by Gasteiger charge is 2.14. The van der Waals surface area contributed by atoms with Gasteiger partial charge in [-0.2, -0.15) is 4.80 Å². The van der Waals surface area contributed by atoms with Crippen LogP contribution in [0.15, 0.2) is 51.7 Å². The fourth-order valence-electron chi connectivity index (χ4n) is 3.51. The normalized spacial score (nSPS) is 11.3. The Kier molecular flexibility index (Phi) is 4.91. The summed E-state index contributed by atoms with van der Waals surface area (Å²) in [7, 11) is 0. The third kappa shape index (κ3) is 3.71. The Labute approximate surface area is 172 Å². The zero-order chi connectivity index (χ0) is 21.4. The number of carbonyl (C=O) groups excluding carboxylic acids is 1. The van der Waals surface area contributed by atoms with Gasteiger partial charge in [-0.1, -0.05) is 26.0 Å². The van der Waals surface area contributed by atoms with Crippen molar-refractivity contribution in [1.29, 1.82) is 0 Å². The van der Waals surface area contributed by atoms with Crippen LogP contribution in [0.1, 0.15) is 46.8 Å². The van der Waals surface area contributed by atoms with Crippen LogP contribution >= 0.6 is 0 Å². The molecule has 0 aliphatic heterocycles. The van der Waals surface area contributed by atoms with E-state index >= 15 is 0 Å². The molecular weight excluding hydrogens is 382 g/mol. The number of tetrazole rings is 1. The average molecular weight is 403 g/mol. The molecule has 0 fully saturated rings. The Balaban J connectivity index is 1.70. The molecule has 8 nitrogen and oxygen atoms in total. The van der Waals surface area contributed by atoms with Crippen LogP contribution in [0.5, 0.6) is 0 Å². The topological polar surface area (TPSA) is 117 Å². The molecule has 0 saturated carbocycles. The first-order chi connectivity index (χ1) is 14.3. The Morgan fingerprint density at radius 2 is 1.90 bits per heavy atom. The van der Waals surface area contributed by atoms with Crippen molar-refractivity contribution < 1.29 is 9.21 Å². The molecule has 2 aromatic carbocycles. The minimum atomic E-state index is -0.496. The van der Waals surface area contributed by atoms with Gasteiger partial charge in [-0.25, -0.2) is 4.79 Å². The van der Waals surface area contributed by atoms with E-state index in [4.69, 9.17) is 10.2 Å². The molecule has 8 heteroatoms. The molecule has 0 aliphatic carbocycles. The molecule has 2 N–H and O–H groups in total. The lowest BCUT2D eigenvalue weighted by molar-refractivity contribution is 0.100. The van der Waals surface area contributed by atoms with E-state index in [0.29, 0.717) is 28.5 Å². The molecule has 0 aliphatic rings. The minimum absolute atomic E-state index is 0.273. The number of amides is 1. The first-order valence-electron chi connectivity index (χ1n) is 9.57. The first kappa shape index (κ1) is 19.5. The first-order valence-corrected chi connectivity index (χ1v) is 9.57. The third-order valence-corrected chi connectivity index (χ3v) is 5.03. The molecule has 4 rings (SSSR count). The van der Waals surface area contributed by atoms with E-state index in [2.05, 4.69) is 35.3 Å². The van der Waals surface area contributed by atoms with Crippen molar-refractivity contribution in [2.45, 2.75) is 33.2 Å². The van der Waals surface area contributed by atoms with Crippen LogP contribution in [-0.2, 0) is 6.54 Å². The molecule has 4 aromatic rings. The van der Waals surface area contributed by atoms with Gasteiger partial charge in [0.2, 0.25) is 11.7 Å². The second-order valence-electron chi connectivity index (χ2n) is 7.54. The second kappa shape index (κ2) is 7.55. The van der Waals surface area contributed by atoms with Gasteiger partial charge in [0.05, 0.1) is 6.54 Å². The summed E-state index contributed by atoms with van der Waals surface area (Å²) < 4.78 is 5.40. The molecule has 1 amide bonds. The summed E-state index contributed by atoms with van der Waals surface area (Å²) in [6, 6.07) is 12.1. The monoisotopic (exact) mass is 403 g/mol. The number of hydrogen-bond donors (Lipinski definition) is 1. The number of fused-ring (bicyclic) bond motifs is 1. The highest BCUT2D eigenvalue weighted by atomic mass is 16.4. The predicted molar refractivity (Wildman–Crippen MR) is 112 cm³/mol. The van der Waals surface area contributed by atoms with Crippen molar-refractivity contribution in [3.05, 3.63) is 75.1 Å². The highest BCUT2D eigenvalue weighted by Crippen LogP contribution is 2.27. The summed E-state index contributed by atoms with van der Waals surface area (Å²) in [4.78, 5) is 24.7. The Morgan fingerprint density at radius 3 is 2.57 bits per heavy atom. The molecule has 0 saturated heterocycles. The van der Waals surface area contributed by atoms with E-state index in [9.17, 15) is 9.59 Å². The van der Waals surface area contributed by atoms with Gasteiger partial charge >= 0.3 is 5.63 Å². The van der Waals surface area contributed by atoms with Crippen LogP contribution in [0, 0.1) is 6.92 Å². The SMILES string of the molecule is Cc1cc2oc(=O)cc(Cn3nnc(-c4ccc(C(N)=O)cc4)n3)c2cc1C(C)C.